The molecule has 1 rings (SSSR count). The van der Waals surface area contributed by atoms with Gasteiger partial charge in [-0.15, -0.1) is 0 Å². The van der Waals surface area contributed by atoms with Gasteiger partial charge >= 0.3 is 0 Å². The van der Waals surface area contributed by atoms with Crippen LogP contribution in [0.1, 0.15) is 26.3 Å². The Morgan fingerprint density at radius 1 is 1.38 bits per heavy atom. The lowest BCUT2D eigenvalue weighted by molar-refractivity contribution is -0.123. The molecule has 5 nitrogen and oxygen atoms in total. The van der Waals surface area contributed by atoms with E-state index in [1.165, 1.54) is 0 Å². The molecule has 0 radical (unpaired) electrons. The Morgan fingerprint density at radius 2 is 2.10 bits per heavy atom. The van der Waals surface area contributed by atoms with Crippen molar-refractivity contribution in [2.24, 2.45) is 5.73 Å². The first-order valence-corrected chi connectivity index (χ1v) is 6.85. The van der Waals surface area contributed by atoms with Crippen molar-refractivity contribution in [3.8, 4) is 11.5 Å². The summed E-state index contributed by atoms with van der Waals surface area (Å²) in [4.78, 5) is 11.7. The third-order valence-corrected chi connectivity index (χ3v) is 2.65. The second kappa shape index (κ2) is 7.69. The summed E-state index contributed by atoms with van der Waals surface area (Å²) in [6.45, 7) is 5.95. The Kier molecular flexibility index (Phi) is 6.24. The Morgan fingerprint density at radius 3 is 2.67 bits per heavy atom. The number of carbonyl (C=O) groups is 1. The van der Waals surface area contributed by atoms with Crippen molar-refractivity contribution >= 4 is 12.0 Å². The van der Waals surface area contributed by atoms with Crippen LogP contribution in [0.2, 0.25) is 0 Å². The van der Waals surface area contributed by atoms with Crippen LogP contribution >= 0.6 is 0 Å². The van der Waals surface area contributed by atoms with E-state index in [0.717, 1.165) is 5.56 Å². The molecule has 0 unspecified atom stereocenters. The second-order valence-electron chi connectivity index (χ2n) is 5.46. The van der Waals surface area contributed by atoms with E-state index in [1.807, 2.05) is 45.1 Å². The van der Waals surface area contributed by atoms with E-state index in [1.54, 1.807) is 13.2 Å². The van der Waals surface area contributed by atoms with E-state index < -0.39 is 5.54 Å². The molecule has 0 bridgehead atoms. The van der Waals surface area contributed by atoms with Crippen molar-refractivity contribution in [1.82, 2.24) is 5.32 Å². The number of rotatable bonds is 7. The molecule has 0 spiro atoms. The predicted octanol–water partition coefficient (Wildman–Crippen LogP) is 1.96. The smallest absolute Gasteiger partial charge is 0.258 e. The molecular weight excluding hydrogens is 268 g/mol. The van der Waals surface area contributed by atoms with Gasteiger partial charge in [-0.1, -0.05) is 18.2 Å². The lowest BCUT2D eigenvalue weighted by atomic mass is 10.1. The van der Waals surface area contributed by atoms with Gasteiger partial charge in [-0.05, 0) is 38.5 Å². The Bertz CT molecular complexity index is 505. The van der Waals surface area contributed by atoms with Gasteiger partial charge in [0.1, 0.15) is 0 Å². The molecule has 1 amide bonds. The fraction of sp³-hybridized carbons (Fsp3) is 0.438. The van der Waals surface area contributed by atoms with E-state index in [4.69, 9.17) is 15.2 Å². The van der Waals surface area contributed by atoms with Crippen molar-refractivity contribution < 1.29 is 14.3 Å². The van der Waals surface area contributed by atoms with Crippen LogP contribution in [0, 0.1) is 0 Å². The number of nitrogens with one attached hydrogen (secondary N) is 1. The van der Waals surface area contributed by atoms with Gasteiger partial charge in [0.15, 0.2) is 18.1 Å². The van der Waals surface area contributed by atoms with Gasteiger partial charge in [0, 0.05) is 12.1 Å². The van der Waals surface area contributed by atoms with E-state index in [2.05, 4.69) is 5.32 Å². The number of hydrogen-bond acceptors (Lipinski definition) is 4. The average Bonchev–Trinajstić information content (AvgIpc) is 2.43. The van der Waals surface area contributed by atoms with Crippen LogP contribution < -0.4 is 20.5 Å². The summed E-state index contributed by atoms with van der Waals surface area (Å²) in [5.41, 5.74) is 6.37. The van der Waals surface area contributed by atoms with Gasteiger partial charge in [0.2, 0.25) is 0 Å². The zero-order valence-corrected chi connectivity index (χ0v) is 13.1. The van der Waals surface area contributed by atoms with Crippen molar-refractivity contribution in [1.29, 1.82) is 0 Å². The molecule has 0 heterocycles. The number of benzene rings is 1. The largest absolute Gasteiger partial charge is 0.493 e. The Balaban J connectivity index is 2.60. The molecule has 0 saturated heterocycles. The number of methoxy groups -OCH3 is 1. The Labute approximate surface area is 126 Å². The van der Waals surface area contributed by atoms with Crippen LogP contribution in [0.25, 0.3) is 6.08 Å². The zero-order valence-electron chi connectivity index (χ0n) is 13.1. The van der Waals surface area contributed by atoms with Crippen LogP contribution in [0.5, 0.6) is 11.5 Å². The lowest BCUT2D eigenvalue weighted by Gasteiger charge is -2.19. The topological polar surface area (TPSA) is 73.6 Å². The number of hydrogen-bond donors (Lipinski definition) is 2. The molecule has 1 aromatic carbocycles. The van der Waals surface area contributed by atoms with Gasteiger partial charge in [-0.25, -0.2) is 0 Å². The summed E-state index contributed by atoms with van der Waals surface area (Å²) in [7, 11) is 1.57. The number of nitrogens with two attached hydrogens (primary N) is 1. The highest BCUT2D eigenvalue weighted by atomic mass is 16.5. The minimum Gasteiger partial charge on any atom is -0.493 e. The molecule has 3 N–H and O–H groups in total. The first kappa shape index (κ1) is 17.0. The number of allylic oxidation sites excluding steroid dienone is 1. The van der Waals surface area contributed by atoms with Gasteiger partial charge < -0.3 is 20.5 Å². The van der Waals surface area contributed by atoms with Crippen LogP contribution in [0.15, 0.2) is 24.3 Å². The average molecular weight is 292 g/mol. The molecule has 0 aliphatic carbocycles. The van der Waals surface area contributed by atoms with E-state index in [0.29, 0.717) is 18.0 Å². The summed E-state index contributed by atoms with van der Waals surface area (Å²) < 4.78 is 10.8. The highest BCUT2D eigenvalue weighted by Gasteiger charge is 2.13. The summed E-state index contributed by atoms with van der Waals surface area (Å²) in [6.07, 6.45) is 3.90. The summed E-state index contributed by atoms with van der Waals surface area (Å²) >= 11 is 0. The zero-order chi connectivity index (χ0) is 15.9. The summed E-state index contributed by atoms with van der Waals surface area (Å²) in [5, 5.41) is 2.72. The number of amides is 1. The second-order valence-corrected chi connectivity index (χ2v) is 5.46. The maximum atomic E-state index is 11.7. The monoisotopic (exact) mass is 292 g/mol. The normalized spacial score (nSPS) is 11.5. The molecule has 21 heavy (non-hydrogen) atoms. The standard InChI is InChI=1S/C16H24N2O3/c1-5-6-12-7-8-13(14(9-12)20-4)21-10-15(19)18-11-16(2,3)17/h5-9H,10-11,17H2,1-4H3,(H,18,19)/b6-5+. The lowest BCUT2D eigenvalue weighted by Crippen LogP contribution is -2.46. The quantitative estimate of drug-likeness (QED) is 0.805. The van der Waals surface area contributed by atoms with E-state index >= 15 is 0 Å². The van der Waals surface area contributed by atoms with Crippen LogP contribution in [-0.4, -0.2) is 31.7 Å². The molecule has 1 aromatic rings. The molecule has 0 aliphatic rings. The third kappa shape index (κ3) is 6.31. The van der Waals surface area contributed by atoms with Crippen molar-refractivity contribution in [2.45, 2.75) is 26.3 Å². The van der Waals surface area contributed by atoms with Crippen LogP contribution in [0.4, 0.5) is 0 Å². The predicted molar refractivity (Wildman–Crippen MR) is 84.5 cm³/mol. The van der Waals surface area contributed by atoms with Gasteiger partial charge in [0.05, 0.1) is 7.11 Å². The highest BCUT2D eigenvalue weighted by Crippen LogP contribution is 2.28. The van der Waals surface area contributed by atoms with Gasteiger partial charge in [-0.2, -0.15) is 0 Å². The van der Waals surface area contributed by atoms with Crippen molar-refractivity contribution in [3.05, 3.63) is 29.8 Å². The maximum absolute atomic E-state index is 11.7. The molecule has 116 valence electrons. The molecule has 0 fully saturated rings. The summed E-state index contributed by atoms with van der Waals surface area (Å²) in [5.74, 6) is 0.915. The summed E-state index contributed by atoms with van der Waals surface area (Å²) in [6, 6.07) is 5.54. The first-order valence-electron chi connectivity index (χ1n) is 6.85. The number of ether oxygens (including phenoxy) is 2. The van der Waals surface area contributed by atoms with E-state index in [9.17, 15) is 4.79 Å². The molecule has 5 heteroatoms. The number of carbonyl (C=O) groups excluding carboxylic acids is 1. The molecular formula is C16H24N2O3. The van der Waals surface area contributed by atoms with Gasteiger partial charge in [-0.3, -0.25) is 4.79 Å². The fourth-order valence-electron chi connectivity index (χ4n) is 1.62. The SMILES string of the molecule is C/C=C/c1ccc(OCC(=O)NCC(C)(C)N)c(OC)c1. The van der Waals surface area contributed by atoms with Crippen molar-refractivity contribution in [2.75, 3.05) is 20.3 Å². The molecule has 0 atom stereocenters. The molecule has 0 aliphatic heterocycles. The molecule has 0 aromatic heterocycles. The third-order valence-electron chi connectivity index (χ3n) is 2.65. The minimum absolute atomic E-state index is 0.0740. The maximum Gasteiger partial charge on any atom is 0.258 e. The molecule has 0 saturated carbocycles. The van der Waals surface area contributed by atoms with E-state index in [-0.39, 0.29) is 12.5 Å². The van der Waals surface area contributed by atoms with Gasteiger partial charge in [0.25, 0.3) is 5.91 Å². The van der Waals surface area contributed by atoms with Crippen molar-refractivity contribution in [3.63, 3.8) is 0 Å². The van der Waals surface area contributed by atoms with Crippen LogP contribution in [-0.2, 0) is 4.79 Å². The fourth-order valence-corrected chi connectivity index (χ4v) is 1.62. The minimum atomic E-state index is -0.443. The first-order chi connectivity index (χ1) is 9.85. The van der Waals surface area contributed by atoms with Crippen LogP contribution in [0.3, 0.4) is 0 Å². The highest BCUT2D eigenvalue weighted by molar-refractivity contribution is 5.77. The Hall–Kier alpha value is -2.01.